The van der Waals surface area contributed by atoms with Gasteiger partial charge in [0, 0.05) is 7.11 Å². The molecule has 1 saturated heterocycles. The molecule has 5 heteroatoms. The van der Waals surface area contributed by atoms with Crippen LogP contribution in [0.25, 0.3) is 0 Å². The molecule has 0 bridgehead atoms. The number of hydrogen-bond acceptors (Lipinski definition) is 5. The lowest BCUT2D eigenvalue weighted by atomic mass is 10.1. The summed E-state index contributed by atoms with van der Waals surface area (Å²) in [6.45, 7) is 5.02. The van der Waals surface area contributed by atoms with Crippen molar-refractivity contribution in [3.8, 4) is 5.75 Å². The Kier molecular flexibility index (Phi) is 6.85. The lowest BCUT2D eigenvalue weighted by molar-refractivity contribution is -0.165. The second kappa shape index (κ2) is 9.33. The molecule has 2 aromatic rings. The first-order valence-corrected chi connectivity index (χ1v) is 9.21. The number of aryl methyl sites for hydroxylation is 1. The second-order valence-electron chi connectivity index (χ2n) is 6.77. The van der Waals surface area contributed by atoms with Gasteiger partial charge in [0.2, 0.25) is 0 Å². The Balaban J connectivity index is 1.66. The maximum Gasteiger partial charge on any atom is 0.186 e. The van der Waals surface area contributed by atoms with Crippen LogP contribution in [0, 0.1) is 6.92 Å². The van der Waals surface area contributed by atoms with Crippen LogP contribution in [0.3, 0.4) is 0 Å². The van der Waals surface area contributed by atoms with Crippen LogP contribution in [0.4, 0.5) is 0 Å². The van der Waals surface area contributed by atoms with Crippen LogP contribution in [-0.2, 0) is 32.2 Å². The van der Waals surface area contributed by atoms with Crippen molar-refractivity contribution in [1.82, 2.24) is 0 Å². The zero-order chi connectivity index (χ0) is 19.2. The van der Waals surface area contributed by atoms with Gasteiger partial charge in [0.05, 0.1) is 26.4 Å². The van der Waals surface area contributed by atoms with Crippen molar-refractivity contribution in [2.75, 3.05) is 14.2 Å². The quantitative estimate of drug-likeness (QED) is 0.704. The van der Waals surface area contributed by atoms with E-state index in [9.17, 15) is 0 Å². The van der Waals surface area contributed by atoms with E-state index in [-0.39, 0.29) is 18.3 Å². The Hall–Kier alpha value is -1.92. The summed E-state index contributed by atoms with van der Waals surface area (Å²) < 4.78 is 29.0. The molecule has 3 rings (SSSR count). The first kappa shape index (κ1) is 19.8. The zero-order valence-electron chi connectivity index (χ0n) is 16.4. The Morgan fingerprint density at radius 2 is 1.70 bits per heavy atom. The van der Waals surface area contributed by atoms with E-state index in [1.54, 1.807) is 14.2 Å². The highest BCUT2D eigenvalue weighted by Crippen LogP contribution is 2.29. The summed E-state index contributed by atoms with van der Waals surface area (Å²) in [4.78, 5) is 0. The van der Waals surface area contributed by atoms with Gasteiger partial charge in [-0.1, -0.05) is 36.4 Å². The van der Waals surface area contributed by atoms with Crippen LogP contribution in [-0.4, -0.2) is 38.8 Å². The number of methoxy groups -OCH3 is 2. The molecule has 0 aliphatic carbocycles. The minimum absolute atomic E-state index is 0.116. The van der Waals surface area contributed by atoms with Gasteiger partial charge in [-0.3, -0.25) is 0 Å². The molecule has 0 radical (unpaired) electrons. The molecular weight excluding hydrogens is 344 g/mol. The van der Waals surface area contributed by atoms with Gasteiger partial charge in [0.1, 0.15) is 18.0 Å². The van der Waals surface area contributed by atoms with Crippen LogP contribution in [0.15, 0.2) is 48.5 Å². The summed E-state index contributed by atoms with van der Waals surface area (Å²) in [6.07, 6.45) is -1.08. The fourth-order valence-corrected chi connectivity index (χ4v) is 3.29. The molecule has 0 unspecified atom stereocenters. The summed E-state index contributed by atoms with van der Waals surface area (Å²) in [6, 6.07) is 16.0. The van der Waals surface area contributed by atoms with E-state index in [1.807, 2.05) is 43.3 Å². The Labute approximate surface area is 161 Å². The van der Waals surface area contributed by atoms with Crippen LogP contribution in [0.5, 0.6) is 5.75 Å². The second-order valence-corrected chi connectivity index (χ2v) is 6.77. The molecule has 4 atom stereocenters. The number of rotatable bonds is 8. The highest BCUT2D eigenvalue weighted by molar-refractivity contribution is 5.28. The number of benzene rings is 2. The third kappa shape index (κ3) is 4.87. The third-order valence-electron chi connectivity index (χ3n) is 4.90. The van der Waals surface area contributed by atoms with Gasteiger partial charge in [-0.05, 0) is 42.7 Å². The van der Waals surface area contributed by atoms with Crippen molar-refractivity contribution in [3.05, 3.63) is 65.2 Å². The van der Waals surface area contributed by atoms with Gasteiger partial charge in [-0.2, -0.15) is 0 Å². The van der Waals surface area contributed by atoms with Crippen molar-refractivity contribution in [3.63, 3.8) is 0 Å². The first-order valence-electron chi connectivity index (χ1n) is 9.21. The molecule has 1 aliphatic heterocycles. The monoisotopic (exact) mass is 372 g/mol. The molecule has 0 amide bonds. The van der Waals surface area contributed by atoms with Crippen LogP contribution in [0.1, 0.15) is 23.6 Å². The van der Waals surface area contributed by atoms with Crippen molar-refractivity contribution in [2.45, 2.75) is 51.7 Å². The van der Waals surface area contributed by atoms with E-state index in [1.165, 1.54) is 5.56 Å². The highest BCUT2D eigenvalue weighted by Gasteiger charge is 2.44. The molecule has 27 heavy (non-hydrogen) atoms. The SMILES string of the molecule is COc1cccc(CO[C@H]2[C@@H](OC)O[C@H](C)[C@@H]2OCc2ccccc2C)c1. The fourth-order valence-electron chi connectivity index (χ4n) is 3.29. The minimum Gasteiger partial charge on any atom is -0.497 e. The van der Waals surface area contributed by atoms with Gasteiger partial charge < -0.3 is 23.7 Å². The predicted molar refractivity (Wildman–Crippen MR) is 103 cm³/mol. The average molecular weight is 372 g/mol. The minimum atomic E-state index is -0.451. The maximum absolute atomic E-state index is 6.21. The lowest BCUT2D eigenvalue weighted by Crippen LogP contribution is -2.37. The highest BCUT2D eigenvalue weighted by atomic mass is 16.7. The largest absolute Gasteiger partial charge is 0.497 e. The molecular formula is C22H28O5. The third-order valence-corrected chi connectivity index (χ3v) is 4.90. The summed E-state index contributed by atoms with van der Waals surface area (Å²) in [7, 11) is 3.28. The molecule has 2 aromatic carbocycles. The summed E-state index contributed by atoms with van der Waals surface area (Å²) in [5, 5.41) is 0. The molecule has 0 N–H and O–H groups in total. The fraction of sp³-hybridized carbons (Fsp3) is 0.455. The molecule has 1 aliphatic rings. The summed E-state index contributed by atoms with van der Waals surface area (Å²) >= 11 is 0. The molecule has 0 spiro atoms. The van der Waals surface area contributed by atoms with Gasteiger partial charge in [-0.25, -0.2) is 0 Å². The van der Waals surface area contributed by atoms with Crippen molar-refractivity contribution < 1.29 is 23.7 Å². The Morgan fingerprint density at radius 3 is 2.44 bits per heavy atom. The standard InChI is InChI=1S/C22H28O5/c1-15-8-5-6-10-18(15)14-26-20-16(2)27-22(24-4)21(20)25-13-17-9-7-11-19(12-17)23-3/h5-12,16,20-22H,13-14H2,1-4H3/t16-,20+,21-,22+/m1/s1. The van der Waals surface area contributed by atoms with E-state index < -0.39 is 6.29 Å². The van der Waals surface area contributed by atoms with Crippen molar-refractivity contribution >= 4 is 0 Å². The van der Waals surface area contributed by atoms with Crippen molar-refractivity contribution in [1.29, 1.82) is 0 Å². The van der Waals surface area contributed by atoms with Gasteiger partial charge in [0.25, 0.3) is 0 Å². The summed E-state index contributed by atoms with van der Waals surface area (Å²) in [5.41, 5.74) is 3.40. The number of ether oxygens (including phenoxy) is 5. The molecule has 146 valence electrons. The van der Waals surface area contributed by atoms with E-state index >= 15 is 0 Å². The van der Waals surface area contributed by atoms with Gasteiger partial charge >= 0.3 is 0 Å². The van der Waals surface area contributed by atoms with Gasteiger partial charge in [0.15, 0.2) is 6.29 Å². The zero-order valence-corrected chi connectivity index (χ0v) is 16.4. The Bertz CT molecular complexity index is 732. The summed E-state index contributed by atoms with van der Waals surface area (Å²) in [5.74, 6) is 0.808. The maximum atomic E-state index is 6.21. The first-order chi connectivity index (χ1) is 13.1. The topological polar surface area (TPSA) is 46.2 Å². The Morgan fingerprint density at radius 1 is 0.926 bits per heavy atom. The van der Waals surface area contributed by atoms with Crippen LogP contribution >= 0.6 is 0 Å². The molecule has 5 nitrogen and oxygen atoms in total. The molecule has 1 fully saturated rings. The van der Waals surface area contributed by atoms with Crippen molar-refractivity contribution in [2.24, 2.45) is 0 Å². The van der Waals surface area contributed by atoms with E-state index in [2.05, 4.69) is 19.1 Å². The van der Waals surface area contributed by atoms with E-state index in [4.69, 9.17) is 23.7 Å². The number of hydrogen-bond donors (Lipinski definition) is 0. The predicted octanol–water partition coefficient (Wildman–Crippen LogP) is 3.87. The van der Waals surface area contributed by atoms with Gasteiger partial charge in [-0.15, -0.1) is 0 Å². The smallest absolute Gasteiger partial charge is 0.186 e. The molecule has 1 heterocycles. The lowest BCUT2D eigenvalue weighted by Gasteiger charge is -2.24. The van der Waals surface area contributed by atoms with Crippen LogP contribution in [0.2, 0.25) is 0 Å². The van der Waals surface area contributed by atoms with E-state index in [0.29, 0.717) is 13.2 Å². The van der Waals surface area contributed by atoms with Crippen LogP contribution < -0.4 is 4.74 Å². The molecule has 0 aromatic heterocycles. The molecule has 0 saturated carbocycles. The average Bonchev–Trinajstić information content (AvgIpc) is 3.00. The van der Waals surface area contributed by atoms with E-state index in [0.717, 1.165) is 16.9 Å². The normalized spacial score (nSPS) is 24.9.